The summed E-state index contributed by atoms with van der Waals surface area (Å²) < 4.78 is 62.3. The molecule has 1 aliphatic rings. The molecule has 7 atom stereocenters. The van der Waals surface area contributed by atoms with E-state index in [9.17, 15) is 57.9 Å². The van der Waals surface area contributed by atoms with Crippen LogP contribution < -0.4 is 16.4 Å². The second kappa shape index (κ2) is 25.9. The number of aliphatic hydroxyl groups is 2. The second-order valence-electron chi connectivity index (χ2n) is 15.2. The topological polar surface area (TPSA) is 364 Å². The number of amides is 2. The van der Waals surface area contributed by atoms with E-state index in [4.69, 9.17) is 19.5 Å². The molecule has 0 saturated carbocycles. The van der Waals surface area contributed by atoms with Crippen molar-refractivity contribution in [1.29, 1.82) is 0 Å². The van der Waals surface area contributed by atoms with Gasteiger partial charge < -0.3 is 50.9 Å². The first-order valence-corrected chi connectivity index (χ1v) is 25.8. The molecule has 0 spiro atoms. The van der Waals surface area contributed by atoms with Crippen LogP contribution in [0.15, 0.2) is 24.8 Å². The number of nitrogen functional groups attached to an aromatic ring is 1. The maximum absolute atomic E-state index is 12.7. The van der Waals surface area contributed by atoms with Gasteiger partial charge in [-0.1, -0.05) is 76.8 Å². The number of aromatic nitrogens is 4. The highest BCUT2D eigenvalue weighted by Crippen LogP contribution is 2.61. The van der Waals surface area contributed by atoms with Gasteiger partial charge in [-0.3, -0.25) is 32.5 Å². The van der Waals surface area contributed by atoms with Crippen molar-refractivity contribution in [2.24, 2.45) is 5.41 Å². The van der Waals surface area contributed by atoms with Gasteiger partial charge in [0.1, 0.15) is 36.3 Å². The number of hydrogen-bond acceptors (Lipinski definition) is 18. The van der Waals surface area contributed by atoms with Crippen LogP contribution in [0.2, 0.25) is 0 Å². The summed E-state index contributed by atoms with van der Waals surface area (Å²) in [6.45, 7) is 2.69. The van der Waals surface area contributed by atoms with Crippen molar-refractivity contribution >= 4 is 69.1 Å². The van der Waals surface area contributed by atoms with Gasteiger partial charge in [0, 0.05) is 37.1 Å². The van der Waals surface area contributed by atoms with Crippen LogP contribution in [0.25, 0.3) is 11.2 Å². The van der Waals surface area contributed by atoms with Crippen LogP contribution in [-0.2, 0) is 50.7 Å². The van der Waals surface area contributed by atoms with E-state index < -0.39 is 84.6 Å². The Balaban J connectivity index is 1.36. The summed E-state index contributed by atoms with van der Waals surface area (Å²) in [5.74, 6) is -1.03. The smallest absolute Gasteiger partial charge is 0.386 e. The number of imidazole rings is 1. The van der Waals surface area contributed by atoms with Crippen LogP contribution in [0.3, 0.4) is 0 Å². The summed E-state index contributed by atoms with van der Waals surface area (Å²) in [4.78, 5) is 88.1. The van der Waals surface area contributed by atoms with Gasteiger partial charge in [0.05, 0.1) is 19.5 Å². The molecule has 3 unspecified atom stereocenters. The fourth-order valence-electron chi connectivity index (χ4n) is 6.07. The van der Waals surface area contributed by atoms with E-state index in [0.717, 1.165) is 67.5 Å². The monoisotopic (exact) mass is 975 g/mol. The molecule has 2 aromatic rings. The van der Waals surface area contributed by atoms with Gasteiger partial charge >= 0.3 is 23.5 Å². The number of carbonyl (C=O) groups is 3. The number of nitrogens with one attached hydrogen (secondary N) is 2. The molecule has 358 valence electrons. The van der Waals surface area contributed by atoms with Gasteiger partial charge in [-0.05, 0) is 25.7 Å². The predicted octanol–water partition coefficient (Wildman–Crippen LogP) is 3.14. The SMILES string of the molecule is CC/C=C\CCCCCCCCCC(=O)SCCNC(=O)CCNC(=O)[C@H](O)C(C)(C)COP(=O)(O)OP(=O)(O)OC[C@H]1O[C@@H](n2cnc3c(N)ncnc32)C(O)[C@H]1OP(=O)(O)O. The molecule has 1 fully saturated rings. The van der Waals surface area contributed by atoms with Crippen LogP contribution in [0.1, 0.15) is 97.6 Å². The van der Waals surface area contributed by atoms with E-state index in [1.807, 2.05) is 0 Å². The standard InChI is InChI=1S/C35H60N7O17P3S/c1-4-5-6-7-8-9-10-11-12-13-14-15-26(44)63-19-18-37-25(43)16-17-38-33(47)30(46)35(2,3)21-56-62(53,54)59-61(51,52)55-20-24-29(58-60(48,49)50)28(45)34(57-24)42-23-41-27-31(36)39-22-40-32(27)42/h5-6,22-24,28-30,34,45-46H,4,7-21H2,1-3H3,(H,37,43)(H,38,47)(H,51,52)(H,53,54)(H2,36,39,40)(H2,48,49,50)/b6-5-/t24-,28?,29+,30+,34-/m1/s1. The summed E-state index contributed by atoms with van der Waals surface area (Å²) in [5.41, 5.74) is 4.28. The van der Waals surface area contributed by atoms with Crippen molar-refractivity contribution in [3.8, 4) is 0 Å². The molecule has 24 nitrogen and oxygen atoms in total. The number of nitrogens with zero attached hydrogens (tertiary/aromatic N) is 4. The first-order chi connectivity index (χ1) is 29.6. The predicted molar refractivity (Wildman–Crippen MR) is 228 cm³/mol. The minimum absolute atomic E-state index is 0.0327. The summed E-state index contributed by atoms with van der Waals surface area (Å²) in [7, 11) is -16.4. The summed E-state index contributed by atoms with van der Waals surface area (Å²) in [6, 6.07) is 0. The van der Waals surface area contributed by atoms with E-state index in [2.05, 4.69) is 53.5 Å². The fourth-order valence-corrected chi connectivity index (χ4v) is 9.62. The molecule has 0 aromatic carbocycles. The van der Waals surface area contributed by atoms with Gasteiger partial charge in [-0.15, -0.1) is 0 Å². The Morgan fingerprint density at radius 3 is 2.30 bits per heavy atom. The van der Waals surface area contributed by atoms with Crippen molar-refractivity contribution in [3.05, 3.63) is 24.8 Å². The van der Waals surface area contributed by atoms with Crippen molar-refractivity contribution in [1.82, 2.24) is 30.2 Å². The van der Waals surface area contributed by atoms with Gasteiger partial charge in [-0.25, -0.2) is 28.6 Å². The average Bonchev–Trinajstić information content (AvgIpc) is 3.76. The fraction of sp³-hybridized carbons (Fsp3) is 0.714. The Kier molecular flexibility index (Phi) is 22.4. The number of anilines is 1. The molecule has 10 N–H and O–H groups in total. The van der Waals surface area contributed by atoms with Crippen LogP contribution in [0, 0.1) is 5.41 Å². The van der Waals surface area contributed by atoms with E-state index in [-0.39, 0.29) is 41.6 Å². The number of aliphatic hydroxyl groups excluding tert-OH is 2. The van der Waals surface area contributed by atoms with Crippen LogP contribution in [-0.4, -0.2) is 123 Å². The van der Waals surface area contributed by atoms with Crippen molar-refractivity contribution in [2.45, 2.75) is 122 Å². The molecule has 0 aliphatic carbocycles. The number of carbonyl (C=O) groups excluding carboxylic acids is 3. The second-order valence-corrected chi connectivity index (χ2v) is 20.6. The molecular formula is C35H60N7O17P3S. The number of phosphoric ester groups is 3. The summed E-state index contributed by atoms with van der Waals surface area (Å²) in [5, 5.41) is 26.6. The number of unbranched alkanes of at least 4 members (excludes halogenated alkanes) is 7. The number of thioether (sulfide) groups is 1. The van der Waals surface area contributed by atoms with Crippen LogP contribution >= 0.6 is 35.2 Å². The minimum atomic E-state index is -5.57. The third-order valence-electron chi connectivity index (χ3n) is 9.42. The number of phosphoric acid groups is 3. The molecule has 1 saturated heterocycles. The van der Waals surface area contributed by atoms with Gasteiger partial charge in [0.15, 0.2) is 22.8 Å². The van der Waals surface area contributed by atoms with Gasteiger partial charge in [0.2, 0.25) is 11.8 Å². The third kappa shape index (κ3) is 19.4. The molecule has 3 heterocycles. The van der Waals surface area contributed by atoms with Crippen molar-refractivity contribution < 1.29 is 80.5 Å². The zero-order valence-corrected chi connectivity index (χ0v) is 38.8. The maximum atomic E-state index is 12.7. The Bertz CT molecular complexity index is 1970. The Hall–Kier alpha value is -2.70. The highest BCUT2D eigenvalue weighted by atomic mass is 32.2. The molecule has 1 aliphatic heterocycles. The number of allylic oxidation sites excluding steroid dienone is 2. The third-order valence-corrected chi connectivity index (χ3v) is 13.5. The molecule has 2 aromatic heterocycles. The number of hydrogen-bond donors (Lipinski definition) is 9. The lowest BCUT2D eigenvalue weighted by Crippen LogP contribution is -2.46. The first kappa shape index (κ1) is 54.6. The molecule has 3 rings (SSSR count). The van der Waals surface area contributed by atoms with E-state index in [1.54, 1.807) is 0 Å². The largest absolute Gasteiger partial charge is 0.481 e. The molecule has 28 heteroatoms. The first-order valence-electron chi connectivity index (χ1n) is 20.3. The molecule has 0 radical (unpaired) electrons. The Morgan fingerprint density at radius 2 is 1.62 bits per heavy atom. The van der Waals surface area contributed by atoms with Crippen molar-refractivity contribution in [3.63, 3.8) is 0 Å². The number of rotatable bonds is 30. The highest BCUT2D eigenvalue weighted by molar-refractivity contribution is 8.13. The quantitative estimate of drug-likeness (QED) is 0.0308. The number of nitrogens with two attached hydrogens (primary N) is 1. The zero-order valence-electron chi connectivity index (χ0n) is 35.3. The highest BCUT2D eigenvalue weighted by Gasteiger charge is 2.50. The zero-order chi connectivity index (χ0) is 46.8. The molecular weight excluding hydrogens is 915 g/mol. The van der Waals surface area contributed by atoms with E-state index in [1.165, 1.54) is 33.1 Å². The lowest BCUT2D eigenvalue weighted by molar-refractivity contribution is -0.137. The summed E-state index contributed by atoms with van der Waals surface area (Å²) >= 11 is 1.15. The van der Waals surface area contributed by atoms with E-state index >= 15 is 0 Å². The molecule has 63 heavy (non-hydrogen) atoms. The Labute approximate surface area is 368 Å². The van der Waals surface area contributed by atoms with Crippen molar-refractivity contribution in [2.75, 3.05) is 37.8 Å². The molecule has 0 bridgehead atoms. The van der Waals surface area contributed by atoms with Crippen LogP contribution in [0.4, 0.5) is 5.82 Å². The molecule has 2 amide bonds. The van der Waals surface area contributed by atoms with E-state index in [0.29, 0.717) is 12.2 Å². The number of ether oxygens (including phenoxy) is 1. The normalized spacial score (nSPS) is 20.7. The van der Waals surface area contributed by atoms with Crippen LogP contribution in [0.5, 0.6) is 0 Å². The van der Waals surface area contributed by atoms with Gasteiger partial charge in [0.25, 0.3) is 0 Å². The Morgan fingerprint density at radius 1 is 0.952 bits per heavy atom. The lowest BCUT2D eigenvalue weighted by Gasteiger charge is -2.30. The lowest BCUT2D eigenvalue weighted by atomic mass is 9.87. The minimum Gasteiger partial charge on any atom is -0.386 e. The maximum Gasteiger partial charge on any atom is 0.481 e. The van der Waals surface area contributed by atoms with Gasteiger partial charge in [-0.2, -0.15) is 4.31 Å². The summed E-state index contributed by atoms with van der Waals surface area (Å²) in [6.07, 6.45) is 7.92. The number of fused-ring (bicyclic) bond motifs is 1. The average molecular weight is 976 g/mol.